The predicted octanol–water partition coefficient (Wildman–Crippen LogP) is 2.10. The molecular weight excluding hydrogens is 302 g/mol. The summed E-state index contributed by atoms with van der Waals surface area (Å²) in [5.74, 6) is -1.12. The third-order valence-electron chi connectivity index (χ3n) is 2.67. The molecule has 0 saturated carbocycles. The Morgan fingerprint density at radius 1 is 1.30 bits per heavy atom. The lowest BCUT2D eigenvalue weighted by Gasteiger charge is -2.16. The molecule has 0 spiro atoms. The van der Waals surface area contributed by atoms with Crippen LogP contribution in [0.3, 0.4) is 0 Å². The van der Waals surface area contributed by atoms with E-state index in [0.717, 1.165) is 16.3 Å². The lowest BCUT2D eigenvalue weighted by atomic mass is 10.1. The van der Waals surface area contributed by atoms with Crippen molar-refractivity contribution in [1.82, 2.24) is 4.31 Å². The first-order valence-corrected chi connectivity index (χ1v) is 7.30. The zero-order chi connectivity index (χ0) is 14.7. The van der Waals surface area contributed by atoms with Gasteiger partial charge in [0.1, 0.15) is 11.9 Å². The number of hydrogen-bond acceptors (Lipinski definition) is 5. The van der Waals surface area contributed by atoms with Gasteiger partial charge >= 0.3 is 5.97 Å². The second kappa shape index (κ2) is 6.28. The van der Waals surface area contributed by atoms with Crippen LogP contribution in [0, 0.1) is 0 Å². The lowest BCUT2D eigenvalue weighted by Crippen LogP contribution is -2.29. The summed E-state index contributed by atoms with van der Waals surface area (Å²) in [6, 6.07) is 6.56. The molecule has 0 aromatic heterocycles. The highest BCUT2D eigenvalue weighted by atomic mass is 35.5. The van der Waals surface area contributed by atoms with Crippen molar-refractivity contribution >= 4 is 41.3 Å². The topological polar surface area (TPSA) is 63.7 Å². The summed E-state index contributed by atoms with van der Waals surface area (Å²) >= 11 is 6.28. The Balaban J connectivity index is 2.07. The van der Waals surface area contributed by atoms with Gasteiger partial charge in [-0.1, -0.05) is 12.1 Å². The Hall–Kier alpha value is -1.53. The number of hydrogen-bond donors (Lipinski definition) is 0. The fourth-order valence-corrected chi connectivity index (χ4v) is 2.66. The third-order valence-corrected chi connectivity index (χ3v) is 3.88. The van der Waals surface area contributed by atoms with Gasteiger partial charge in [-0.05, 0) is 31.0 Å². The van der Waals surface area contributed by atoms with Crippen LogP contribution in [0.5, 0.6) is 0 Å². The summed E-state index contributed by atoms with van der Waals surface area (Å²) in [5, 5.41) is -0.666. The van der Waals surface area contributed by atoms with Crippen LogP contribution in [-0.2, 0) is 9.53 Å². The molecule has 1 aliphatic heterocycles. The van der Waals surface area contributed by atoms with Gasteiger partial charge in [0, 0.05) is 0 Å². The third kappa shape index (κ3) is 2.81. The van der Waals surface area contributed by atoms with Gasteiger partial charge in [0.2, 0.25) is 0 Å². The van der Waals surface area contributed by atoms with Crippen molar-refractivity contribution in [3.63, 3.8) is 0 Å². The van der Waals surface area contributed by atoms with E-state index in [0.29, 0.717) is 11.1 Å². The number of carbonyl (C=O) groups excluding carboxylic acids is 3. The van der Waals surface area contributed by atoms with E-state index < -0.39 is 23.0 Å². The van der Waals surface area contributed by atoms with E-state index in [9.17, 15) is 14.4 Å². The first-order valence-electron chi connectivity index (χ1n) is 5.93. The van der Waals surface area contributed by atoms with E-state index in [2.05, 4.69) is 0 Å². The smallest absolute Gasteiger partial charge is 0.320 e. The van der Waals surface area contributed by atoms with Crippen LogP contribution >= 0.6 is 23.5 Å². The van der Waals surface area contributed by atoms with E-state index in [1.54, 1.807) is 31.2 Å². The van der Waals surface area contributed by atoms with E-state index in [-0.39, 0.29) is 12.5 Å². The van der Waals surface area contributed by atoms with Gasteiger partial charge in [0.25, 0.3) is 11.8 Å². The molecule has 1 aromatic rings. The van der Waals surface area contributed by atoms with E-state index in [1.165, 1.54) is 0 Å². The first-order chi connectivity index (χ1) is 9.56. The number of amides is 2. The molecular formula is C13H12ClNO4S. The number of carbonyl (C=O) groups is 3. The normalized spacial score (nSPS) is 15.2. The van der Waals surface area contributed by atoms with Gasteiger partial charge in [-0.3, -0.25) is 14.4 Å². The minimum atomic E-state index is -0.666. The maximum Gasteiger partial charge on any atom is 0.320 e. The van der Waals surface area contributed by atoms with Gasteiger partial charge < -0.3 is 4.74 Å². The van der Waals surface area contributed by atoms with Crippen LogP contribution in [0.2, 0.25) is 0 Å². The van der Waals surface area contributed by atoms with Gasteiger partial charge in [0.15, 0.2) is 0 Å². The largest absolute Gasteiger partial charge is 0.464 e. The van der Waals surface area contributed by atoms with E-state index >= 15 is 0 Å². The summed E-state index contributed by atoms with van der Waals surface area (Å²) in [7, 11) is 0. The molecule has 0 bridgehead atoms. The number of halogens is 1. The predicted molar refractivity (Wildman–Crippen MR) is 75.7 cm³/mol. The maximum atomic E-state index is 12.1. The first kappa shape index (κ1) is 14.9. The second-order valence-corrected chi connectivity index (χ2v) is 5.72. The van der Waals surface area contributed by atoms with Gasteiger partial charge in [-0.2, -0.15) is 0 Å². The highest BCUT2D eigenvalue weighted by Crippen LogP contribution is 2.30. The number of imide groups is 1. The van der Waals surface area contributed by atoms with Crippen LogP contribution in [0.15, 0.2) is 24.3 Å². The van der Waals surface area contributed by atoms with Crippen LogP contribution in [0.4, 0.5) is 0 Å². The fraction of sp³-hybridized carbons (Fsp3) is 0.308. The van der Waals surface area contributed by atoms with Gasteiger partial charge in [-0.15, -0.1) is 11.6 Å². The number of nitrogens with zero attached hydrogens (tertiary/aromatic N) is 1. The molecule has 0 fully saturated rings. The molecule has 0 aliphatic carbocycles. The Morgan fingerprint density at radius 3 is 2.35 bits per heavy atom. The molecule has 0 N–H and O–H groups in total. The van der Waals surface area contributed by atoms with Crippen molar-refractivity contribution in [2.45, 2.75) is 12.2 Å². The summed E-state index contributed by atoms with van der Waals surface area (Å²) in [4.78, 5) is 35.8. The standard InChI is InChI=1S/C13H12ClNO4S/c1-8(13(18)19-7-6-14)20-15-11(16)9-4-2-3-5-10(9)12(15)17/h2-5,8H,6-7H2,1H3. The van der Waals surface area contributed by atoms with Crippen molar-refractivity contribution in [3.05, 3.63) is 35.4 Å². The van der Waals surface area contributed by atoms with Crippen molar-refractivity contribution in [3.8, 4) is 0 Å². The number of alkyl halides is 1. The Morgan fingerprint density at radius 2 is 1.85 bits per heavy atom. The second-order valence-electron chi connectivity index (χ2n) is 4.05. The lowest BCUT2D eigenvalue weighted by molar-refractivity contribution is -0.142. The molecule has 106 valence electrons. The molecule has 20 heavy (non-hydrogen) atoms. The van der Waals surface area contributed by atoms with Crippen molar-refractivity contribution in [1.29, 1.82) is 0 Å². The Labute approximate surface area is 125 Å². The SMILES string of the molecule is CC(SN1C(=O)c2ccccc2C1=O)C(=O)OCCCl. The van der Waals surface area contributed by atoms with E-state index in [4.69, 9.17) is 16.3 Å². The quantitative estimate of drug-likeness (QED) is 0.360. The monoisotopic (exact) mass is 313 g/mol. The average molecular weight is 314 g/mol. The van der Waals surface area contributed by atoms with Crippen molar-refractivity contribution in [2.75, 3.05) is 12.5 Å². The minimum absolute atomic E-state index is 0.105. The fourth-order valence-electron chi connectivity index (χ4n) is 1.72. The number of benzene rings is 1. The van der Waals surface area contributed by atoms with Gasteiger partial charge in [0.05, 0.1) is 17.0 Å². The molecule has 7 heteroatoms. The molecule has 1 heterocycles. The number of rotatable bonds is 5. The molecule has 0 radical (unpaired) electrons. The molecule has 2 rings (SSSR count). The maximum absolute atomic E-state index is 12.1. The summed E-state index contributed by atoms with van der Waals surface area (Å²) < 4.78 is 5.87. The van der Waals surface area contributed by atoms with Crippen LogP contribution in [0.1, 0.15) is 27.6 Å². The number of ether oxygens (including phenoxy) is 1. The molecule has 1 unspecified atom stereocenters. The number of esters is 1. The molecule has 0 saturated heterocycles. The average Bonchev–Trinajstić information content (AvgIpc) is 2.70. The Kier molecular flexibility index (Phi) is 4.67. The van der Waals surface area contributed by atoms with Crippen LogP contribution in [0.25, 0.3) is 0 Å². The van der Waals surface area contributed by atoms with E-state index in [1.807, 2.05) is 0 Å². The molecule has 5 nitrogen and oxygen atoms in total. The molecule has 1 aliphatic rings. The molecule has 1 aromatic carbocycles. The number of fused-ring (bicyclic) bond motifs is 1. The zero-order valence-electron chi connectivity index (χ0n) is 10.7. The van der Waals surface area contributed by atoms with Crippen molar-refractivity contribution < 1.29 is 19.1 Å². The van der Waals surface area contributed by atoms with Gasteiger partial charge in [-0.25, -0.2) is 4.31 Å². The highest BCUT2D eigenvalue weighted by molar-refractivity contribution is 7.99. The summed E-state index contributed by atoms with van der Waals surface area (Å²) in [6.45, 7) is 1.68. The summed E-state index contributed by atoms with van der Waals surface area (Å²) in [6.07, 6.45) is 0. The summed E-state index contributed by atoms with van der Waals surface area (Å²) in [5.41, 5.74) is 0.706. The van der Waals surface area contributed by atoms with Crippen molar-refractivity contribution in [2.24, 2.45) is 0 Å². The zero-order valence-corrected chi connectivity index (χ0v) is 12.2. The van der Waals surface area contributed by atoms with Crippen LogP contribution < -0.4 is 0 Å². The molecule has 2 amide bonds. The van der Waals surface area contributed by atoms with Crippen LogP contribution in [-0.4, -0.2) is 39.8 Å². The highest BCUT2D eigenvalue weighted by Gasteiger charge is 2.38. The minimum Gasteiger partial charge on any atom is -0.464 e. The molecule has 1 atom stereocenters. The Bertz CT molecular complexity index is 528.